The molecular weight excluding hydrogens is 232 g/mol. The summed E-state index contributed by atoms with van der Waals surface area (Å²) in [5, 5.41) is 5.99. The zero-order valence-corrected chi connectivity index (χ0v) is 11.0. The van der Waals surface area contributed by atoms with Crippen LogP contribution in [-0.2, 0) is 5.75 Å². The molecule has 2 atom stereocenters. The zero-order valence-electron chi connectivity index (χ0n) is 10.2. The van der Waals surface area contributed by atoms with Crippen LogP contribution in [0.4, 0.5) is 4.79 Å². The van der Waals surface area contributed by atoms with E-state index in [1.54, 1.807) is 11.8 Å². The van der Waals surface area contributed by atoms with Gasteiger partial charge in [0.2, 0.25) is 0 Å². The quantitative estimate of drug-likeness (QED) is 0.865. The van der Waals surface area contributed by atoms with Crippen molar-refractivity contribution in [2.45, 2.75) is 25.0 Å². The number of carbonyl (C=O) groups excluding carboxylic acids is 1. The van der Waals surface area contributed by atoms with Crippen LogP contribution in [0.1, 0.15) is 18.1 Å². The van der Waals surface area contributed by atoms with Crippen LogP contribution >= 0.6 is 11.8 Å². The first kappa shape index (κ1) is 12.3. The number of urea groups is 1. The Bertz CT molecular complexity index is 408. The molecule has 4 heteroatoms. The summed E-state index contributed by atoms with van der Waals surface area (Å²) in [6, 6.07) is 8.34. The summed E-state index contributed by atoms with van der Waals surface area (Å²) < 4.78 is 0. The maximum atomic E-state index is 11.3. The number of amides is 2. The Hall–Kier alpha value is -1.16. The lowest BCUT2D eigenvalue weighted by atomic mass is 10.1. The Morgan fingerprint density at radius 2 is 2.18 bits per heavy atom. The normalized spacial score (nSPS) is 24.0. The van der Waals surface area contributed by atoms with Gasteiger partial charge in [0.15, 0.2) is 0 Å². The Labute approximate surface area is 106 Å². The van der Waals surface area contributed by atoms with Gasteiger partial charge in [-0.25, -0.2) is 4.79 Å². The highest BCUT2D eigenvalue weighted by atomic mass is 32.2. The number of nitrogens with one attached hydrogen (secondary N) is 2. The molecule has 1 aromatic carbocycles. The minimum Gasteiger partial charge on any atom is -0.338 e. The molecule has 0 bridgehead atoms. The van der Waals surface area contributed by atoms with Crippen LogP contribution in [0.3, 0.4) is 0 Å². The van der Waals surface area contributed by atoms with E-state index in [-0.39, 0.29) is 11.4 Å². The van der Waals surface area contributed by atoms with E-state index in [1.807, 2.05) is 0 Å². The summed E-state index contributed by atoms with van der Waals surface area (Å²) in [5.41, 5.74) is 2.66. The summed E-state index contributed by atoms with van der Waals surface area (Å²) in [6.07, 6.45) is 0. The van der Waals surface area contributed by atoms with Gasteiger partial charge in [0.1, 0.15) is 0 Å². The Kier molecular flexibility index (Phi) is 3.94. The van der Waals surface area contributed by atoms with Gasteiger partial charge >= 0.3 is 6.03 Å². The fourth-order valence-corrected chi connectivity index (χ4v) is 3.14. The van der Waals surface area contributed by atoms with Crippen LogP contribution < -0.4 is 10.6 Å². The average molecular weight is 250 g/mol. The van der Waals surface area contributed by atoms with Gasteiger partial charge in [-0.05, 0) is 18.1 Å². The highest BCUT2D eigenvalue weighted by Crippen LogP contribution is 2.24. The van der Waals surface area contributed by atoms with Gasteiger partial charge in [0.05, 0.1) is 5.37 Å². The number of hydrogen-bond acceptors (Lipinski definition) is 2. The molecule has 2 N–H and O–H groups in total. The maximum absolute atomic E-state index is 11.3. The highest BCUT2D eigenvalue weighted by molar-refractivity contribution is 7.99. The molecule has 1 aromatic rings. The van der Waals surface area contributed by atoms with E-state index in [9.17, 15) is 4.79 Å². The molecular formula is C13H18N2OS. The number of carbonyl (C=O) groups is 1. The van der Waals surface area contributed by atoms with Crippen LogP contribution in [0.2, 0.25) is 0 Å². The topological polar surface area (TPSA) is 41.1 Å². The predicted molar refractivity (Wildman–Crippen MR) is 72.0 cm³/mol. The third-order valence-corrected chi connectivity index (χ3v) is 4.47. The lowest BCUT2D eigenvalue weighted by Gasteiger charge is -2.30. The van der Waals surface area contributed by atoms with Gasteiger partial charge in [-0.2, -0.15) is 0 Å². The van der Waals surface area contributed by atoms with Crippen molar-refractivity contribution in [3.63, 3.8) is 0 Å². The summed E-state index contributed by atoms with van der Waals surface area (Å²) in [7, 11) is 0. The largest absolute Gasteiger partial charge is 0.338 e. The van der Waals surface area contributed by atoms with E-state index in [0.717, 1.165) is 12.3 Å². The summed E-state index contributed by atoms with van der Waals surface area (Å²) in [4.78, 5) is 11.3. The molecule has 17 heavy (non-hydrogen) atoms. The monoisotopic (exact) mass is 250 g/mol. The molecule has 1 heterocycles. The first-order chi connectivity index (χ1) is 8.16. The lowest BCUT2D eigenvalue weighted by Crippen LogP contribution is -2.52. The van der Waals surface area contributed by atoms with E-state index < -0.39 is 0 Å². The maximum Gasteiger partial charge on any atom is 0.315 e. The second kappa shape index (κ2) is 5.45. The van der Waals surface area contributed by atoms with E-state index in [2.05, 4.69) is 48.7 Å². The molecule has 0 aliphatic carbocycles. The van der Waals surface area contributed by atoms with Gasteiger partial charge in [-0.3, -0.25) is 0 Å². The molecule has 3 nitrogen and oxygen atoms in total. The molecule has 0 aromatic heterocycles. The van der Waals surface area contributed by atoms with Crippen molar-refractivity contribution >= 4 is 17.8 Å². The first-order valence-corrected chi connectivity index (χ1v) is 6.92. The average Bonchev–Trinajstić information content (AvgIpc) is 2.32. The van der Waals surface area contributed by atoms with Crippen LogP contribution in [0.5, 0.6) is 0 Å². The molecule has 2 unspecified atom stereocenters. The highest BCUT2D eigenvalue weighted by Gasteiger charge is 2.24. The van der Waals surface area contributed by atoms with Gasteiger partial charge in [-0.1, -0.05) is 31.2 Å². The fourth-order valence-electron chi connectivity index (χ4n) is 1.84. The summed E-state index contributed by atoms with van der Waals surface area (Å²) in [5.74, 6) is 1.41. The third-order valence-electron chi connectivity index (χ3n) is 3.05. The summed E-state index contributed by atoms with van der Waals surface area (Å²) >= 11 is 1.80. The molecule has 1 aliphatic heterocycles. The zero-order chi connectivity index (χ0) is 12.3. The van der Waals surface area contributed by atoms with Crippen molar-refractivity contribution in [3.05, 3.63) is 35.4 Å². The predicted octanol–water partition coefficient (Wildman–Crippen LogP) is 2.50. The number of thioether (sulfide) groups is 1. The van der Waals surface area contributed by atoms with E-state index in [4.69, 9.17) is 0 Å². The molecule has 0 saturated carbocycles. The molecule has 0 spiro atoms. The molecule has 1 saturated heterocycles. The van der Waals surface area contributed by atoms with Crippen LogP contribution in [0, 0.1) is 12.8 Å². The van der Waals surface area contributed by atoms with Gasteiger partial charge in [0.25, 0.3) is 0 Å². The molecule has 92 valence electrons. The van der Waals surface area contributed by atoms with Crippen molar-refractivity contribution in [1.29, 1.82) is 0 Å². The van der Waals surface area contributed by atoms with Crippen molar-refractivity contribution in [2.75, 3.05) is 6.54 Å². The van der Waals surface area contributed by atoms with Gasteiger partial charge in [-0.15, -0.1) is 11.8 Å². The number of rotatable bonds is 3. The van der Waals surface area contributed by atoms with Crippen molar-refractivity contribution < 1.29 is 4.79 Å². The van der Waals surface area contributed by atoms with Crippen LogP contribution in [-0.4, -0.2) is 17.9 Å². The molecule has 0 radical (unpaired) electrons. The molecule has 1 aliphatic rings. The van der Waals surface area contributed by atoms with E-state index >= 15 is 0 Å². The minimum atomic E-state index is -0.0506. The Morgan fingerprint density at radius 3 is 2.94 bits per heavy atom. The Morgan fingerprint density at radius 1 is 1.41 bits per heavy atom. The van der Waals surface area contributed by atoms with E-state index in [1.165, 1.54) is 11.1 Å². The minimum absolute atomic E-state index is 0.0506. The lowest BCUT2D eigenvalue weighted by molar-refractivity contribution is 0.227. The van der Waals surface area contributed by atoms with Crippen molar-refractivity contribution in [2.24, 2.45) is 5.92 Å². The van der Waals surface area contributed by atoms with Crippen LogP contribution in [0.15, 0.2) is 24.3 Å². The number of aryl methyl sites for hydroxylation is 1. The summed E-state index contributed by atoms with van der Waals surface area (Å²) in [6.45, 7) is 5.04. The van der Waals surface area contributed by atoms with Gasteiger partial charge < -0.3 is 10.6 Å². The third kappa shape index (κ3) is 3.16. The SMILES string of the molecule is Cc1ccccc1CSC1NC(=O)NCC1C. The van der Waals surface area contributed by atoms with E-state index in [0.29, 0.717) is 5.92 Å². The second-order valence-electron chi connectivity index (χ2n) is 4.49. The van der Waals surface area contributed by atoms with Crippen molar-refractivity contribution in [3.8, 4) is 0 Å². The Balaban J connectivity index is 1.93. The van der Waals surface area contributed by atoms with Crippen LogP contribution in [0.25, 0.3) is 0 Å². The van der Waals surface area contributed by atoms with Gasteiger partial charge in [0, 0.05) is 18.2 Å². The standard InChI is InChI=1S/C13H18N2OS/c1-9-5-3-4-6-11(9)8-17-12-10(2)7-14-13(16)15-12/h3-6,10,12H,7-8H2,1-2H3,(H2,14,15,16). The number of hydrogen-bond donors (Lipinski definition) is 2. The van der Waals surface area contributed by atoms with Crippen molar-refractivity contribution in [1.82, 2.24) is 10.6 Å². The molecule has 2 rings (SSSR count). The molecule has 1 fully saturated rings. The number of benzene rings is 1. The smallest absolute Gasteiger partial charge is 0.315 e. The first-order valence-electron chi connectivity index (χ1n) is 5.87. The molecule has 2 amide bonds. The fraction of sp³-hybridized carbons (Fsp3) is 0.462. The second-order valence-corrected chi connectivity index (χ2v) is 5.62.